The summed E-state index contributed by atoms with van der Waals surface area (Å²) in [5.41, 5.74) is 5.41. The van der Waals surface area contributed by atoms with Crippen LogP contribution in [0.4, 0.5) is 0 Å². The van der Waals surface area contributed by atoms with E-state index in [0.717, 1.165) is 0 Å². The number of hydrogen-bond acceptors (Lipinski definition) is 5. The highest BCUT2D eigenvalue weighted by Gasteiger charge is 2.34. The molecule has 0 amide bonds. The van der Waals surface area contributed by atoms with Crippen molar-refractivity contribution in [2.45, 2.75) is 26.8 Å². The standard InChI is InChI=1S/C8H20NO4P/c1-4-11-8(12-5-2)14(10,7-9)13-6-3/h8H,4-7,9H2,1-3H3/t14-/m1/s1. The summed E-state index contributed by atoms with van der Waals surface area (Å²) >= 11 is 0. The van der Waals surface area contributed by atoms with E-state index in [1.807, 2.05) is 0 Å². The minimum Gasteiger partial charge on any atom is -0.345 e. The van der Waals surface area contributed by atoms with Crippen molar-refractivity contribution in [3.63, 3.8) is 0 Å². The smallest absolute Gasteiger partial charge is 0.270 e. The van der Waals surface area contributed by atoms with E-state index in [0.29, 0.717) is 19.8 Å². The fraction of sp³-hybridized carbons (Fsp3) is 1.00. The number of nitrogens with two attached hydrogens (primary N) is 1. The summed E-state index contributed by atoms with van der Waals surface area (Å²) in [5, 5.41) is 0. The van der Waals surface area contributed by atoms with Gasteiger partial charge >= 0.3 is 0 Å². The van der Waals surface area contributed by atoms with Crippen LogP contribution in [0.3, 0.4) is 0 Å². The molecule has 2 N–H and O–H groups in total. The molecule has 6 heteroatoms. The normalized spacial score (nSPS) is 15.8. The first-order valence-electron chi connectivity index (χ1n) is 4.81. The minimum absolute atomic E-state index is 0.0640. The summed E-state index contributed by atoms with van der Waals surface area (Å²) in [6.07, 6.45) is -0.0640. The van der Waals surface area contributed by atoms with Crippen molar-refractivity contribution in [2.24, 2.45) is 5.73 Å². The molecule has 0 aromatic rings. The highest BCUT2D eigenvalue weighted by Crippen LogP contribution is 2.51. The molecular formula is C8H20NO4P. The first-order valence-corrected chi connectivity index (χ1v) is 6.69. The van der Waals surface area contributed by atoms with Crippen molar-refractivity contribution in [1.82, 2.24) is 0 Å². The zero-order valence-electron chi connectivity index (χ0n) is 9.06. The molecule has 0 aromatic heterocycles. The third kappa shape index (κ3) is 4.07. The Balaban J connectivity index is 4.46. The van der Waals surface area contributed by atoms with Gasteiger partial charge in [-0.25, -0.2) is 0 Å². The van der Waals surface area contributed by atoms with Crippen molar-refractivity contribution in [3.8, 4) is 0 Å². The van der Waals surface area contributed by atoms with Gasteiger partial charge in [0.1, 0.15) is 0 Å². The van der Waals surface area contributed by atoms with Gasteiger partial charge in [0.2, 0.25) is 6.03 Å². The average molecular weight is 225 g/mol. The van der Waals surface area contributed by atoms with Crippen LogP contribution in [-0.2, 0) is 18.6 Å². The lowest BCUT2D eigenvalue weighted by Gasteiger charge is -2.25. The Morgan fingerprint density at radius 2 is 1.64 bits per heavy atom. The Bertz CT molecular complexity index is 182. The van der Waals surface area contributed by atoms with E-state index >= 15 is 0 Å². The van der Waals surface area contributed by atoms with Gasteiger partial charge in [0, 0.05) is 13.2 Å². The van der Waals surface area contributed by atoms with E-state index in [1.54, 1.807) is 20.8 Å². The average Bonchev–Trinajstić information content (AvgIpc) is 2.18. The van der Waals surface area contributed by atoms with Gasteiger partial charge in [-0.2, -0.15) is 0 Å². The summed E-state index contributed by atoms with van der Waals surface area (Å²) < 4.78 is 27.6. The van der Waals surface area contributed by atoms with Crippen LogP contribution in [0.15, 0.2) is 0 Å². The first kappa shape index (κ1) is 14.1. The van der Waals surface area contributed by atoms with E-state index in [4.69, 9.17) is 19.7 Å². The summed E-state index contributed by atoms with van der Waals surface area (Å²) in [6.45, 7) is 6.55. The third-order valence-electron chi connectivity index (χ3n) is 1.54. The molecule has 0 saturated carbocycles. The van der Waals surface area contributed by atoms with E-state index in [1.165, 1.54) is 0 Å². The molecular weight excluding hydrogens is 205 g/mol. The molecule has 5 nitrogen and oxygen atoms in total. The van der Waals surface area contributed by atoms with Crippen LogP contribution < -0.4 is 5.73 Å². The van der Waals surface area contributed by atoms with E-state index in [9.17, 15) is 4.57 Å². The van der Waals surface area contributed by atoms with Crippen LogP contribution in [0.25, 0.3) is 0 Å². The van der Waals surface area contributed by atoms with Gasteiger partial charge in [0.15, 0.2) is 0 Å². The quantitative estimate of drug-likeness (QED) is 0.501. The van der Waals surface area contributed by atoms with Crippen LogP contribution in [0.1, 0.15) is 20.8 Å². The molecule has 0 radical (unpaired) electrons. The van der Waals surface area contributed by atoms with Gasteiger partial charge in [-0.15, -0.1) is 0 Å². The maximum atomic E-state index is 12.1. The number of rotatable bonds is 8. The van der Waals surface area contributed by atoms with Gasteiger partial charge in [-0.1, -0.05) is 0 Å². The Kier molecular flexibility index (Phi) is 7.41. The molecule has 0 aliphatic heterocycles. The molecule has 0 fully saturated rings. The first-order chi connectivity index (χ1) is 6.64. The molecule has 1 atom stereocenters. The second kappa shape index (κ2) is 7.37. The van der Waals surface area contributed by atoms with Gasteiger partial charge in [0.25, 0.3) is 7.37 Å². The number of ether oxygens (including phenoxy) is 2. The van der Waals surface area contributed by atoms with Crippen LogP contribution in [0.5, 0.6) is 0 Å². The predicted octanol–water partition coefficient (Wildman–Crippen LogP) is 1.57. The van der Waals surface area contributed by atoms with Crippen molar-refractivity contribution in [2.75, 3.05) is 26.1 Å². The zero-order chi connectivity index (χ0) is 11.0. The van der Waals surface area contributed by atoms with E-state index < -0.39 is 13.4 Å². The Morgan fingerprint density at radius 1 is 1.14 bits per heavy atom. The molecule has 0 aliphatic rings. The van der Waals surface area contributed by atoms with Gasteiger partial charge in [-0.05, 0) is 20.8 Å². The zero-order valence-corrected chi connectivity index (χ0v) is 9.96. The summed E-state index contributed by atoms with van der Waals surface area (Å²) in [7, 11) is -3.01. The number of hydrogen-bond donors (Lipinski definition) is 1. The third-order valence-corrected chi connectivity index (χ3v) is 3.69. The molecule has 0 rings (SSSR count). The second-order valence-electron chi connectivity index (χ2n) is 2.54. The Morgan fingerprint density at radius 3 is 1.93 bits per heavy atom. The van der Waals surface area contributed by atoms with Crippen LogP contribution >= 0.6 is 7.37 Å². The van der Waals surface area contributed by atoms with Gasteiger partial charge < -0.3 is 19.7 Å². The largest absolute Gasteiger partial charge is 0.345 e. The molecule has 0 bridgehead atoms. The lowest BCUT2D eigenvalue weighted by molar-refractivity contribution is -0.0888. The highest BCUT2D eigenvalue weighted by molar-refractivity contribution is 7.59. The van der Waals surface area contributed by atoms with E-state index in [-0.39, 0.29) is 6.29 Å². The van der Waals surface area contributed by atoms with Gasteiger partial charge in [0.05, 0.1) is 12.9 Å². The fourth-order valence-electron chi connectivity index (χ4n) is 0.979. The van der Waals surface area contributed by atoms with E-state index in [2.05, 4.69) is 0 Å². The Labute approximate surface area is 85.4 Å². The molecule has 0 heterocycles. The van der Waals surface area contributed by atoms with Crippen molar-refractivity contribution < 1.29 is 18.6 Å². The molecule has 86 valence electrons. The fourth-order valence-corrected chi connectivity index (χ4v) is 2.57. The summed E-state index contributed by atoms with van der Waals surface area (Å²) in [6, 6.07) is -0.831. The molecule has 0 saturated heterocycles. The van der Waals surface area contributed by atoms with Crippen LogP contribution in [-0.4, -0.2) is 32.1 Å². The van der Waals surface area contributed by atoms with Crippen LogP contribution in [0.2, 0.25) is 0 Å². The van der Waals surface area contributed by atoms with Crippen LogP contribution in [0, 0.1) is 0 Å². The van der Waals surface area contributed by atoms with Crippen molar-refractivity contribution in [3.05, 3.63) is 0 Å². The van der Waals surface area contributed by atoms with Crippen molar-refractivity contribution in [1.29, 1.82) is 0 Å². The SMILES string of the molecule is CCOC(OCC)[P@@](=O)(CN)OCC. The summed E-state index contributed by atoms with van der Waals surface area (Å²) in [5.74, 6) is 0. The monoisotopic (exact) mass is 225 g/mol. The molecule has 0 spiro atoms. The maximum Gasteiger partial charge on any atom is 0.270 e. The Hall–Kier alpha value is 0.0700. The molecule has 0 aromatic carbocycles. The topological polar surface area (TPSA) is 70.8 Å². The minimum atomic E-state index is -3.01. The van der Waals surface area contributed by atoms with Gasteiger partial charge in [-0.3, -0.25) is 4.57 Å². The maximum absolute atomic E-state index is 12.1. The molecule has 0 aliphatic carbocycles. The predicted molar refractivity (Wildman–Crippen MR) is 55.3 cm³/mol. The molecule has 14 heavy (non-hydrogen) atoms. The molecule has 0 unspecified atom stereocenters. The second-order valence-corrected chi connectivity index (χ2v) is 5.04. The lowest BCUT2D eigenvalue weighted by atomic mass is 10.9. The van der Waals surface area contributed by atoms with Crippen molar-refractivity contribution >= 4 is 7.37 Å². The summed E-state index contributed by atoms with van der Waals surface area (Å²) in [4.78, 5) is 0. The highest BCUT2D eigenvalue weighted by atomic mass is 31.2. The lowest BCUT2D eigenvalue weighted by Crippen LogP contribution is -2.23.